The predicted octanol–water partition coefficient (Wildman–Crippen LogP) is 3.11. The molecular formula is C17H13N3O3S. The van der Waals surface area contributed by atoms with Crippen molar-refractivity contribution in [3.05, 3.63) is 65.9 Å². The highest BCUT2D eigenvalue weighted by atomic mass is 32.2. The van der Waals surface area contributed by atoms with Gasteiger partial charge in [-0.05, 0) is 36.8 Å². The number of allylic oxidation sites excluding steroid dienone is 1. The second-order valence-electron chi connectivity index (χ2n) is 4.76. The van der Waals surface area contributed by atoms with Crippen molar-refractivity contribution in [2.45, 2.75) is 11.8 Å². The van der Waals surface area contributed by atoms with E-state index in [1.54, 1.807) is 61.5 Å². The quantitative estimate of drug-likeness (QED) is 0.663. The van der Waals surface area contributed by atoms with Gasteiger partial charge in [-0.15, -0.1) is 0 Å². The van der Waals surface area contributed by atoms with Gasteiger partial charge in [0.1, 0.15) is 28.4 Å². The summed E-state index contributed by atoms with van der Waals surface area (Å²) < 4.78 is 30.0. The van der Waals surface area contributed by atoms with E-state index in [1.807, 2.05) is 0 Å². The molecule has 0 heterocycles. The first-order valence-corrected chi connectivity index (χ1v) is 8.24. The van der Waals surface area contributed by atoms with E-state index in [1.165, 1.54) is 12.3 Å². The van der Waals surface area contributed by atoms with Crippen molar-refractivity contribution in [2.24, 2.45) is 0 Å². The Bertz CT molecular complexity index is 937. The van der Waals surface area contributed by atoms with Crippen molar-refractivity contribution in [1.29, 1.82) is 10.5 Å². The third kappa shape index (κ3) is 4.13. The van der Waals surface area contributed by atoms with Crippen molar-refractivity contribution in [2.75, 3.05) is 5.32 Å². The van der Waals surface area contributed by atoms with Crippen LogP contribution in [0.15, 0.2) is 65.2 Å². The summed E-state index contributed by atoms with van der Waals surface area (Å²) in [5.41, 5.74) is 0.806. The third-order valence-electron chi connectivity index (χ3n) is 3.03. The molecule has 0 bridgehead atoms. The first kappa shape index (κ1) is 17.1. The number of rotatable bonds is 5. The molecule has 0 fully saturated rings. The lowest BCUT2D eigenvalue weighted by molar-refractivity contribution is 0.485. The van der Waals surface area contributed by atoms with Crippen LogP contribution in [0.3, 0.4) is 0 Å². The Morgan fingerprint density at radius 2 is 1.79 bits per heavy atom. The molecule has 0 spiro atoms. The van der Waals surface area contributed by atoms with Crippen molar-refractivity contribution in [3.8, 4) is 17.9 Å². The van der Waals surface area contributed by atoms with Crippen LogP contribution in [0.5, 0.6) is 5.75 Å². The van der Waals surface area contributed by atoms with Crippen molar-refractivity contribution >= 4 is 15.8 Å². The number of nitriles is 2. The Hall–Kier alpha value is -3.29. The smallest absolute Gasteiger partial charge is 0.339 e. The molecule has 1 N–H and O–H groups in total. The van der Waals surface area contributed by atoms with Gasteiger partial charge in [0.05, 0.1) is 0 Å². The maximum absolute atomic E-state index is 12.5. The summed E-state index contributed by atoms with van der Waals surface area (Å²) in [6, 6.07) is 16.2. The number of nitrogens with one attached hydrogen (secondary N) is 1. The first-order valence-electron chi connectivity index (χ1n) is 6.83. The Morgan fingerprint density at radius 1 is 1.12 bits per heavy atom. The van der Waals surface area contributed by atoms with Crippen LogP contribution in [0.4, 0.5) is 5.69 Å². The minimum absolute atomic E-state index is 0.000202. The summed E-state index contributed by atoms with van der Waals surface area (Å²) in [5, 5.41) is 20.1. The lowest BCUT2D eigenvalue weighted by Crippen LogP contribution is -2.11. The number of benzene rings is 2. The second kappa shape index (κ2) is 7.32. The Labute approximate surface area is 140 Å². The molecule has 0 aromatic heterocycles. The highest BCUT2D eigenvalue weighted by Gasteiger charge is 2.19. The summed E-state index contributed by atoms with van der Waals surface area (Å²) in [7, 11) is -4.01. The largest absolute Gasteiger partial charge is 0.379 e. The van der Waals surface area contributed by atoms with Crippen LogP contribution in [-0.2, 0) is 10.1 Å². The first-order chi connectivity index (χ1) is 11.5. The third-order valence-corrected chi connectivity index (χ3v) is 4.42. The maximum Gasteiger partial charge on any atom is 0.339 e. The molecule has 0 saturated carbocycles. The number of aryl methyl sites for hydroxylation is 1. The van der Waals surface area contributed by atoms with Crippen LogP contribution < -0.4 is 9.50 Å². The molecule has 0 amide bonds. The van der Waals surface area contributed by atoms with Crippen LogP contribution in [0.25, 0.3) is 0 Å². The van der Waals surface area contributed by atoms with E-state index < -0.39 is 10.1 Å². The van der Waals surface area contributed by atoms with E-state index in [-0.39, 0.29) is 16.2 Å². The van der Waals surface area contributed by atoms with E-state index in [9.17, 15) is 8.42 Å². The number of hydrogen-bond donors (Lipinski definition) is 1. The fraction of sp³-hybridized carbons (Fsp3) is 0.0588. The molecule has 0 aliphatic rings. The van der Waals surface area contributed by atoms with E-state index >= 15 is 0 Å². The van der Waals surface area contributed by atoms with Gasteiger partial charge in [0, 0.05) is 11.9 Å². The maximum atomic E-state index is 12.5. The molecule has 0 saturated heterocycles. The fourth-order valence-electron chi connectivity index (χ4n) is 1.85. The minimum atomic E-state index is -4.01. The number of nitrogens with zero attached hydrogens (tertiary/aromatic N) is 2. The van der Waals surface area contributed by atoms with E-state index in [4.69, 9.17) is 14.7 Å². The van der Waals surface area contributed by atoms with Crippen LogP contribution in [-0.4, -0.2) is 8.42 Å². The molecule has 0 aliphatic carbocycles. The van der Waals surface area contributed by atoms with Gasteiger partial charge in [-0.25, -0.2) is 0 Å². The lowest BCUT2D eigenvalue weighted by atomic mass is 10.2. The Kier molecular flexibility index (Phi) is 5.20. The number of anilines is 1. The Balaban J connectivity index is 2.33. The average Bonchev–Trinajstić information content (AvgIpc) is 2.57. The topological polar surface area (TPSA) is 103 Å². The summed E-state index contributed by atoms with van der Waals surface area (Å²) >= 11 is 0. The van der Waals surface area contributed by atoms with Gasteiger partial charge in [0.2, 0.25) is 0 Å². The lowest BCUT2D eigenvalue weighted by Gasteiger charge is -2.11. The molecule has 24 heavy (non-hydrogen) atoms. The van der Waals surface area contributed by atoms with Crippen LogP contribution in [0.1, 0.15) is 5.56 Å². The van der Waals surface area contributed by atoms with Gasteiger partial charge >= 0.3 is 10.1 Å². The molecule has 0 aliphatic heterocycles. The summed E-state index contributed by atoms with van der Waals surface area (Å²) in [4.78, 5) is 0.000202. The van der Waals surface area contributed by atoms with E-state index in [0.717, 1.165) is 0 Å². The zero-order valence-corrected chi connectivity index (χ0v) is 13.5. The monoisotopic (exact) mass is 339 g/mol. The van der Waals surface area contributed by atoms with Gasteiger partial charge in [0.25, 0.3) is 0 Å². The molecule has 0 radical (unpaired) electrons. The molecule has 0 unspecified atom stereocenters. The molecule has 2 rings (SSSR count). The predicted molar refractivity (Wildman–Crippen MR) is 88.4 cm³/mol. The number of para-hydroxylation sites is 1. The molecular weight excluding hydrogens is 326 g/mol. The zero-order chi connectivity index (χ0) is 17.6. The van der Waals surface area contributed by atoms with E-state index in [0.29, 0.717) is 11.3 Å². The van der Waals surface area contributed by atoms with Gasteiger partial charge in [-0.3, -0.25) is 0 Å². The van der Waals surface area contributed by atoms with E-state index in [2.05, 4.69) is 5.32 Å². The molecule has 6 nitrogen and oxygen atoms in total. The molecule has 0 atom stereocenters. The number of hydrogen-bond acceptors (Lipinski definition) is 6. The van der Waals surface area contributed by atoms with Crippen LogP contribution in [0.2, 0.25) is 0 Å². The van der Waals surface area contributed by atoms with Gasteiger partial charge in [-0.2, -0.15) is 18.9 Å². The summed E-state index contributed by atoms with van der Waals surface area (Å²) in [6.45, 7) is 1.65. The van der Waals surface area contributed by atoms with Crippen molar-refractivity contribution < 1.29 is 12.6 Å². The molecule has 7 heteroatoms. The van der Waals surface area contributed by atoms with Crippen molar-refractivity contribution in [1.82, 2.24) is 0 Å². The van der Waals surface area contributed by atoms with Crippen LogP contribution in [0, 0.1) is 29.6 Å². The fourth-order valence-corrected chi connectivity index (χ4v) is 3.04. The minimum Gasteiger partial charge on any atom is -0.379 e. The van der Waals surface area contributed by atoms with Gasteiger partial charge < -0.3 is 9.50 Å². The average molecular weight is 339 g/mol. The van der Waals surface area contributed by atoms with Crippen molar-refractivity contribution in [3.63, 3.8) is 0 Å². The van der Waals surface area contributed by atoms with Crippen LogP contribution >= 0.6 is 0 Å². The summed E-state index contributed by atoms with van der Waals surface area (Å²) in [6.07, 6.45) is 1.21. The molecule has 2 aromatic rings. The zero-order valence-electron chi connectivity index (χ0n) is 12.7. The standard InChI is InChI=1S/C17H13N3O3S/c1-13-7-8-15(20-12-14(10-18)11-19)9-17(13)24(21,22)23-16-5-3-2-4-6-16/h2-9,12,20H,1H3. The highest BCUT2D eigenvalue weighted by molar-refractivity contribution is 7.87. The second-order valence-corrected chi connectivity index (χ2v) is 6.27. The SMILES string of the molecule is Cc1ccc(NC=C(C#N)C#N)cc1S(=O)(=O)Oc1ccccc1. The molecule has 2 aromatic carbocycles. The molecule has 120 valence electrons. The summed E-state index contributed by atoms with van der Waals surface area (Å²) in [5.74, 6) is 0.214. The normalized spacial score (nSPS) is 10.1. The highest BCUT2D eigenvalue weighted by Crippen LogP contribution is 2.24. The Morgan fingerprint density at radius 3 is 2.42 bits per heavy atom. The van der Waals surface area contributed by atoms with Gasteiger partial charge in [-0.1, -0.05) is 24.3 Å². The van der Waals surface area contributed by atoms with Gasteiger partial charge in [0.15, 0.2) is 0 Å².